The van der Waals surface area contributed by atoms with Crippen LogP contribution in [0.2, 0.25) is 0 Å². The first-order valence-corrected chi connectivity index (χ1v) is 4.11. The minimum Gasteiger partial charge on any atom is -0.481 e. The zero-order chi connectivity index (χ0) is 11.1. The summed E-state index contributed by atoms with van der Waals surface area (Å²) in [6.07, 6.45) is 1.51. The summed E-state index contributed by atoms with van der Waals surface area (Å²) in [5.41, 5.74) is -0.00444. The lowest BCUT2D eigenvalue weighted by Crippen LogP contribution is -2.14. The Morgan fingerprint density at radius 2 is 1.93 bits per heavy atom. The van der Waals surface area contributed by atoms with Gasteiger partial charge in [-0.3, -0.25) is 9.59 Å². The average Bonchev–Trinajstić information content (AvgIpc) is 2.01. The zero-order valence-electron chi connectivity index (χ0n) is 8.07. The fourth-order valence-corrected chi connectivity index (χ4v) is 0.833. The van der Waals surface area contributed by atoms with Crippen LogP contribution < -0.4 is 0 Å². The van der Waals surface area contributed by atoms with Crippen molar-refractivity contribution in [2.75, 3.05) is 0 Å². The van der Waals surface area contributed by atoms with Gasteiger partial charge in [0, 0.05) is 12.5 Å². The quantitative estimate of drug-likeness (QED) is 0.414. The molecule has 14 heavy (non-hydrogen) atoms. The Morgan fingerprint density at radius 1 is 1.36 bits per heavy atom. The second-order valence-corrected chi connectivity index (χ2v) is 2.59. The highest BCUT2D eigenvalue weighted by atomic mass is 16.6. The van der Waals surface area contributed by atoms with Crippen LogP contribution in [0.3, 0.4) is 0 Å². The van der Waals surface area contributed by atoms with Crippen LogP contribution in [0.15, 0.2) is 11.6 Å². The van der Waals surface area contributed by atoms with Gasteiger partial charge in [-0.05, 0) is 6.42 Å². The van der Waals surface area contributed by atoms with Gasteiger partial charge in [0.15, 0.2) is 0 Å². The van der Waals surface area contributed by atoms with E-state index in [1.165, 1.54) is 6.08 Å². The van der Waals surface area contributed by atoms with E-state index in [4.69, 9.17) is 5.11 Å². The van der Waals surface area contributed by atoms with E-state index in [9.17, 15) is 14.4 Å². The molecule has 0 saturated carbocycles. The molecular formula is C9H12O5. The number of hydrogen-bond acceptors (Lipinski definition) is 4. The van der Waals surface area contributed by atoms with E-state index in [1.54, 1.807) is 6.92 Å². The maximum Gasteiger partial charge on any atom is 0.341 e. The molecule has 0 unspecified atom stereocenters. The fourth-order valence-electron chi connectivity index (χ4n) is 0.833. The van der Waals surface area contributed by atoms with Crippen LogP contribution in [0.1, 0.15) is 26.7 Å². The molecule has 78 valence electrons. The molecule has 0 aromatic heterocycles. The van der Waals surface area contributed by atoms with Gasteiger partial charge in [0.25, 0.3) is 0 Å². The molecule has 0 aromatic carbocycles. The van der Waals surface area contributed by atoms with E-state index < -0.39 is 24.3 Å². The van der Waals surface area contributed by atoms with Gasteiger partial charge < -0.3 is 9.84 Å². The number of carboxylic acid groups (broad SMARTS) is 1. The number of rotatable bonds is 4. The van der Waals surface area contributed by atoms with Crippen LogP contribution in [0.25, 0.3) is 0 Å². The number of allylic oxidation sites excluding steroid dienone is 1. The van der Waals surface area contributed by atoms with Crippen molar-refractivity contribution in [2.45, 2.75) is 26.7 Å². The lowest BCUT2D eigenvalue weighted by Gasteiger charge is -2.02. The van der Waals surface area contributed by atoms with E-state index in [-0.39, 0.29) is 5.57 Å². The molecule has 0 radical (unpaired) electrons. The van der Waals surface area contributed by atoms with Crippen molar-refractivity contribution in [2.24, 2.45) is 0 Å². The lowest BCUT2D eigenvalue weighted by molar-refractivity contribution is -0.156. The number of carbonyl (C=O) groups excluding carboxylic acids is 2. The molecule has 0 amide bonds. The summed E-state index contributed by atoms with van der Waals surface area (Å²) in [6.45, 7) is 2.84. The second-order valence-electron chi connectivity index (χ2n) is 2.59. The molecule has 1 N–H and O–H groups in total. The fraction of sp³-hybridized carbons (Fsp3) is 0.444. The Morgan fingerprint density at radius 3 is 2.29 bits per heavy atom. The van der Waals surface area contributed by atoms with Crippen molar-refractivity contribution >= 4 is 17.9 Å². The van der Waals surface area contributed by atoms with Gasteiger partial charge in [-0.2, -0.15) is 0 Å². The van der Waals surface area contributed by atoms with Crippen LogP contribution in [0.5, 0.6) is 0 Å². The normalized spacial score (nSPS) is 10.9. The summed E-state index contributed by atoms with van der Waals surface area (Å²) in [6, 6.07) is 0. The number of carboxylic acids is 1. The van der Waals surface area contributed by atoms with Gasteiger partial charge in [0.2, 0.25) is 0 Å². The molecule has 0 aliphatic carbocycles. The molecule has 0 aliphatic rings. The number of hydrogen-bond donors (Lipinski definition) is 1. The van der Waals surface area contributed by atoms with Gasteiger partial charge in [-0.15, -0.1) is 0 Å². The Hall–Kier alpha value is -1.65. The number of aliphatic carboxylic acids is 1. The van der Waals surface area contributed by atoms with Crippen LogP contribution in [-0.4, -0.2) is 23.0 Å². The van der Waals surface area contributed by atoms with E-state index >= 15 is 0 Å². The Balaban J connectivity index is 4.50. The van der Waals surface area contributed by atoms with Crippen LogP contribution in [-0.2, 0) is 19.1 Å². The standard InChI is InChI=1S/C9H12O5/c1-3-4-7(5-8(11)12)9(13)14-6(2)10/h4H,3,5H2,1-2H3,(H,11,12). The molecule has 0 aromatic rings. The summed E-state index contributed by atoms with van der Waals surface area (Å²) in [5.74, 6) is -2.77. The van der Waals surface area contributed by atoms with E-state index in [2.05, 4.69) is 4.74 Å². The Kier molecular flexibility index (Phi) is 5.21. The van der Waals surface area contributed by atoms with Crippen molar-refractivity contribution in [3.8, 4) is 0 Å². The molecule has 0 aliphatic heterocycles. The van der Waals surface area contributed by atoms with Crippen LogP contribution in [0.4, 0.5) is 0 Å². The summed E-state index contributed by atoms with van der Waals surface area (Å²) in [5, 5.41) is 8.46. The third-order valence-electron chi connectivity index (χ3n) is 1.29. The summed E-state index contributed by atoms with van der Waals surface area (Å²) in [7, 11) is 0. The van der Waals surface area contributed by atoms with Gasteiger partial charge in [-0.1, -0.05) is 13.0 Å². The Bertz CT molecular complexity index is 277. The molecular weight excluding hydrogens is 188 g/mol. The molecule has 0 rings (SSSR count). The highest BCUT2D eigenvalue weighted by molar-refractivity contribution is 5.98. The first-order valence-electron chi connectivity index (χ1n) is 4.11. The molecule has 5 nitrogen and oxygen atoms in total. The van der Waals surface area contributed by atoms with Gasteiger partial charge >= 0.3 is 17.9 Å². The van der Waals surface area contributed by atoms with Crippen molar-refractivity contribution in [1.82, 2.24) is 0 Å². The first-order chi connectivity index (χ1) is 6.47. The van der Waals surface area contributed by atoms with Gasteiger partial charge in [-0.25, -0.2) is 4.79 Å². The van der Waals surface area contributed by atoms with Crippen LogP contribution in [0, 0.1) is 0 Å². The van der Waals surface area contributed by atoms with Crippen molar-refractivity contribution < 1.29 is 24.2 Å². The van der Waals surface area contributed by atoms with E-state index in [0.717, 1.165) is 6.92 Å². The van der Waals surface area contributed by atoms with E-state index in [0.29, 0.717) is 6.42 Å². The largest absolute Gasteiger partial charge is 0.481 e. The van der Waals surface area contributed by atoms with Crippen molar-refractivity contribution in [3.63, 3.8) is 0 Å². The molecule has 0 spiro atoms. The molecule has 0 atom stereocenters. The first kappa shape index (κ1) is 12.3. The monoisotopic (exact) mass is 200 g/mol. The third kappa shape index (κ3) is 5.08. The molecule has 0 fully saturated rings. The molecule has 0 heterocycles. The number of esters is 2. The van der Waals surface area contributed by atoms with Crippen molar-refractivity contribution in [1.29, 1.82) is 0 Å². The molecule has 0 saturated heterocycles. The maximum atomic E-state index is 11.1. The number of carbonyl (C=O) groups is 3. The minimum atomic E-state index is -1.13. The summed E-state index contributed by atoms with van der Waals surface area (Å²) < 4.78 is 4.26. The average molecular weight is 200 g/mol. The third-order valence-corrected chi connectivity index (χ3v) is 1.29. The predicted octanol–water partition coefficient (Wildman–Crippen LogP) is 0.887. The smallest absolute Gasteiger partial charge is 0.341 e. The van der Waals surface area contributed by atoms with Crippen LogP contribution >= 0.6 is 0 Å². The number of ether oxygens (including phenoxy) is 1. The summed E-state index contributed by atoms with van der Waals surface area (Å²) in [4.78, 5) is 31.9. The SMILES string of the molecule is CCC=C(CC(=O)O)C(=O)OC(C)=O. The molecule has 5 heteroatoms. The predicted molar refractivity (Wildman–Crippen MR) is 47.4 cm³/mol. The second kappa shape index (κ2) is 5.90. The summed E-state index contributed by atoms with van der Waals surface area (Å²) >= 11 is 0. The maximum absolute atomic E-state index is 11.1. The van der Waals surface area contributed by atoms with Gasteiger partial charge in [0.1, 0.15) is 0 Å². The zero-order valence-corrected chi connectivity index (χ0v) is 8.07. The molecule has 0 bridgehead atoms. The Labute approximate surface area is 81.4 Å². The lowest BCUT2D eigenvalue weighted by atomic mass is 10.1. The highest BCUT2D eigenvalue weighted by Gasteiger charge is 2.15. The highest BCUT2D eigenvalue weighted by Crippen LogP contribution is 2.06. The van der Waals surface area contributed by atoms with E-state index in [1.807, 2.05) is 0 Å². The van der Waals surface area contributed by atoms with Crippen molar-refractivity contribution in [3.05, 3.63) is 11.6 Å². The minimum absolute atomic E-state index is 0.00444. The topological polar surface area (TPSA) is 80.7 Å². The van der Waals surface area contributed by atoms with Gasteiger partial charge in [0.05, 0.1) is 6.42 Å².